The Morgan fingerprint density at radius 1 is 1.00 bits per heavy atom. The first kappa shape index (κ1) is 11.5. The fraction of sp³-hybridized carbons (Fsp3) is 0.0625. The third-order valence-electron chi connectivity index (χ3n) is 3.06. The summed E-state index contributed by atoms with van der Waals surface area (Å²) in [5.41, 5.74) is 2.61. The first-order chi connectivity index (χ1) is 9.28. The number of hydrogen-bond acceptors (Lipinski definition) is 3. The van der Waals surface area contributed by atoms with Gasteiger partial charge in [0.2, 0.25) is 5.55 Å². The molecular weight excluding hydrogens is 238 g/mol. The van der Waals surface area contributed by atoms with Crippen LogP contribution >= 0.6 is 0 Å². The second kappa shape index (κ2) is 4.61. The summed E-state index contributed by atoms with van der Waals surface area (Å²) >= 11 is 0. The van der Waals surface area contributed by atoms with Gasteiger partial charge in [0.15, 0.2) is 0 Å². The summed E-state index contributed by atoms with van der Waals surface area (Å²) in [6, 6.07) is 17.3. The van der Waals surface area contributed by atoms with Crippen molar-refractivity contribution < 1.29 is 9.15 Å². The Morgan fingerprint density at radius 2 is 1.79 bits per heavy atom. The molecule has 3 rings (SSSR count). The molecule has 19 heavy (non-hydrogen) atoms. The van der Waals surface area contributed by atoms with Crippen molar-refractivity contribution in [3.8, 4) is 16.9 Å². The molecule has 3 heteroatoms. The molecular formula is C16H13NO2. The zero-order chi connectivity index (χ0) is 13.2. The quantitative estimate of drug-likeness (QED) is 0.756. The lowest BCUT2D eigenvalue weighted by molar-refractivity contribution is 0.415. The first-order valence-electron chi connectivity index (χ1n) is 6.00. The fourth-order valence-electron chi connectivity index (χ4n) is 2.08. The molecule has 2 aromatic carbocycles. The molecule has 0 fully saturated rings. The van der Waals surface area contributed by atoms with Gasteiger partial charge in [0.05, 0.1) is 7.11 Å². The molecule has 94 valence electrons. The predicted octanol–water partition coefficient (Wildman–Crippen LogP) is 3.59. The van der Waals surface area contributed by atoms with E-state index in [-0.39, 0.29) is 5.55 Å². The molecule has 1 N–H and O–H groups in total. The van der Waals surface area contributed by atoms with E-state index >= 15 is 0 Å². The molecule has 0 atom stereocenters. The summed E-state index contributed by atoms with van der Waals surface area (Å²) < 4.78 is 10.8. The zero-order valence-electron chi connectivity index (χ0n) is 10.5. The van der Waals surface area contributed by atoms with E-state index in [0.717, 1.165) is 22.3 Å². The van der Waals surface area contributed by atoms with Crippen LogP contribution in [0.1, 0.15) is 0 Å². The standard InChI is InChI=1S/C16H13NO2/c1-18-13-7-8-15-12(9-13)10-14(16(17)19-15)11-5-3-2-4-6-11/h2-10,17H,1H3. The fourth-order valence-corrected chi connectivity index (χ4v) is 2.08. The van der Waals surface area contributed by atoms with Gasteiger partial charge in [-0.2, -0.15) is 0 Å². The molecule has 0 saturated heterocycles. The SMILES string of the molecule is COc1ccc2oc(=N)c(-c3ccccc3)cc2c1. The normalized spacial score (nSPS) is 10.6. The second-order valence-corrected chi connectivity index (χ2v) is 4.26. The van der Waals surface area contributed by atoms with Crippen molar-refractivity contribution in [2.45, 2.75) is 0 Å². The van der Waals surface area contributed by atoms with E-state index in [1.165, 1.54) is 0 Å². The topological polar surface area (TPSA) is 46.2 Å². The minimum Gasteiger partial charge on any atom is -0.497 e. The maximum absolute atomic E-state index is 7.99. The highest BCUT2D eigenvalue weighted by molar-refractivity contribution is 5.82. The van der Waals surface area contributed by atoms with E-state index in [2.05, 4.69) is 0 Å². The molecule has 0 unspecified atom stereocenters. The maximum Gasteiger partial charge on any atom is 0.219 e. The largest absolute Gasteiger partial charge is 0.497 e. The van der Waals surface area contributed by atoms with Crippen molar-refractivity contribution in [3.05, 3.63) is 60.2 Å². The van der Waals surface area contributed by atoms with Crippen LogP contribution in [-0.2, 0) is 0 Å². The van der Waals surface area contributed by atoms with Gasteiger partial charge in [0.25, 0.3) is 0 Å². The Bertz CT molecular complexity index is 776. The van der Waals surface area contributed by atoms with Crippen LogP contribution in [0.3, 0.4) is 0 Å². The third kappa shape index (κ3) is 2.10. The summed E-state index contributed by atoms with van der Waals surface area (Å²) in [6.45, 7) is 0. The lowest BCUT2D eigenvalue weighted by atomic mass is 10.1. The van der Waals surface area contributed by atoms with E-state index in [4.69, 9.17) is 14.6 Å². The van der Waals surface area contributed by atoms with Crippen molar-refractivity contribution in [2.75, 3.05) is 7.11 Å². The van der Waals surface area contributed by atoms with Crippen molar-refractivity contribution in [1.82, 2.24) is 0 Å². The number of methoxy groups -OCH3 is 1. The summed E-state index contributed by atoms with van der Waals surface area (Å²) in [7, 11) is 1.63. The molecule has 1 aromatic heterocycles. The Morgan fingerprint density at radius 3 is 2.53 bits per heavy atom. The van der Waals surface area contributed by atoms with E-state index in [1.54, 1.807) is 7.11 Å². The van der Waals surface area contributed by atoms with Crippen LogP contribution in [0.15, 0.2) is 59.0 Å². The first-order valence-corrected chi connectivity index (χ1v) is 6.00. The molecule has 3 nitrogen and oxygen atoms in total. The average Bonchev–Trinajstić information content (AvgIpc) is 2.47. The Labute approximate surface area is 110 Å². The van der Waals surface area contributed by atoms with Gasteiger partial charge in [0, 0.05) is 10.9 Å². The minimum absolute atomic E-state index is 0.170. The smallest absolute Gasteiger partial charge is 0.219 e. The summed E-state index contributed by atoms with van der Waals surface area (Å²) in [5, 5.41) is 8.92. The van der Waals surface area contributed by atoms with Gasteiger partial charge >= 0.3 is 0 Å². The van der Waals surface area contributed by atoms with E-state index in [9.17, 15) is 0 Å². The van der Waals surface area contributed by atoms with Gasteiger partial charge in [-0.1, -0.05) is 30.3 Å². The molecule has 0 spiro atoms. The number of rotatable bonds is 2. The van der Waals surface area contributed by atoms with Crippen molar-refractivity contribution >= 4 is 11.0 Å². The molecule has 0 amide bonds. The molecule has 3 aromatic rings. The highest BCUT2D eigenvalue weighted by Gasteiger charge is 2.05. The van der Waals surface area contributed by atoms with Crippen molar-refractivity contribution in [2.24, 2.45) is 0 Å². The van der Waals surface area contributed by atoms with E-state index in [1.807, 2.05) is 54.6 Å². The van der Waals surface area contributed by atoms with Crippen LogP contribution in [0.5, 0.6) is 5.75 Å². The van der Waals surface area contributed by atoms with Gasteiger partial charge in [-0.25, -0.2) is 0 Å². The molecule has 0 aliphatic carbocycles. The van der Waals surface area contributed by atoms with Crippen molar-refractivity contribution in [1.29, 1.82) is 5.41 Å². The third-order valence-corrected chi connectivity index (χ3v) is 3.06. The van der Waals surface area contributed by atoms with Crippen LogP contribution in [-0.4, -0.2) is 7.11 Å². The number of nitrogens with one attached hydrogen (secondary N) is 1. The lowest BCUT2D eigenvalue weighted by Gasteiger charge is -2.05. The van der Waals surface area contributed by atoms with Gasteiger partial charge in [-0.15, -0.1) is 0 Å². The van der Waals surface area contributed by atoms with Gasteiger partial charge in [-0.05, 0) is 29.8 Å². The molecule has 1 heterocycles. The number of ether oxygens (including phenoxy) is 1. The van der Waals surface area contributed by atoms with E-state index < -0.39 is 0 Å². The number of hydrogen-bond donors (Lipinski definition) is 1. The summed E-state index contributed by atoms with van der Waals surface area (Å²) in [4.78, 5) is 0. The predicted molar refractivity (Wildman–Crippen MR) is 74.1 cm³/mol. The second-order valence-electron chi connectivity index (χ2n) is 4.26. The minimum atomic E-state index is 0.170. The summed E-state index contributed by atoms with van der Waals surface area (Å²) in [5.74, 6) is 0.777. The maximum atomic E-state index is 7.99. The Balaban J connectivity index is 2.26. The highest BCUT2D eigenvalue weighted by atomic mass is 16.5. The molecule has 0 saturated carbocycles. The zero-order valence-corrected chi connectivity index (χ0v) is 10.5. The van der Waals surface area contributed by atoms with Gasteiger partial charge in [-0.3, -0.25) is 5.41 Å². The van der Waals surface area contributed by atoms with Crippen LogP contribution in [0.4, 0.5) is 0 Å². The Hall–Kier alpha value is -2.55. The van der Waals surface area contributed by atoms with Gasteiger partial charge < -0.3 is 9.15 Å². The average molecular weight is 251 g/mol. The van der Waals surface area contributed by atoms with Crippen LogP contribution in [0, 0.1) is 5.41 Å². The van der Waals surface area contributed by atoms with Gasteiger partial charge in [0.1, 0.15) is 11.3 Å². The monoisotopic (exact) mass is 251 g/mol. The number of benzene rings is 2. The molecule has 0 radical (unpaired) electrons. The van der Waals surface area contributed by atoms with Crippen LogP contribution in [0.25, 0.3) is 22.1 Å². The van der Waals surface area contributed by atoms with Crippen LogP contribution in [0.2, 0.25) is 0 Å². The van der Waals surface area contributed by atoms with E-state index in [0.29, 0.717) is 5.58 Å². The van der Waals surface area contributed by atoms with Crippen molar-refractivity contribution in [3.63, 3.8) is 0 Å². The summed E-state index contributed by atoms with van der Waals surface area (Å²) in [6.07, 6.45) is 0. The van der Waals surface area contributed by atoms with Crippen LogP contribution < -0.4 is 10.3 Å². The molecule has 0 bridgehead atoms. The lowest BCUT2D eigenvalue weighted by Crippen LogP contribution is -2.02. The Kier molecular flexibility index (Phi) is 2.80. The molecule has 0 aliphatic rings. The number of fused-ring (bicyclic) bond motifs is 1. The highest BCUT2D eigenvalue weighted by Crippen LogP contribution is 2.24. The molecule has 0 aliphatic heterocycles.